The van der Waals surface area contributed by atoms with Crippen molar-refractivity contribution in [1.29, 1.82) is 0 Å². The van der Waals surface area contributed by atoms with Crippen LogP contribution in [0.5, 0.6) is 0 Å². The summed E-state index contributed by atoms with van der Waals surface area (Å²) < 4.78 is 14.7. The average Bonchev–Trinajstić information content (AvgIpc) is 2.74. The Labute approximate surface area is 92.9 Å². The lowest BCUT2D eigenvalue weighted by Gasteiger charge is -2.15. The highest BCUT2D eigenvalue weighted by atomic mass is 19.1. The van der Waals surface area contributed by atoms with E-state index < -0.39 is 0 Å². The van der Waals surface area contributed by atoms with E-state index in [0.29, 0.717) is 0 Å². The van der Waals surface area contributed by atoms with Crippen molar-refractivity contribution in [3.8, 4) is 5.69 Å². The maximum Gasteiger partial charge on any atom is 0.123 e. The number of nitrogens with one attached hydrogen (secondary N) is 1. The van der Waals surface area contributed by atoms with E-state index >= 15 is 0 Å². The zero-order valence-electron chi connectivity index (χ0n) is 8.78. The largest absolute Gasteiger partial charge is 0.311 e. The highest BCUT2D eigenvalue weighted by Gasteiger charge is 2.15. The number of aromatic nitrogens is 2. The zero-order valence-corrected chi connectivity index (χ0v) is 8.78. The second-order valence-corrected chi connectivity index (χ2v) is 3.93. The maximum absolute atomic E-state index is 12.8. The molecular formula is C12H12FN3. The van der Waals surface area contributed by atoms with E-state index in [2.05, 4.69) is 10.4 Å². The lowest BCUT2D eigenvalue weighted by atomic mass is 10.1. The molecule has 0 saturated heterocycles. The molecule has 0 unspecified atom stereocenters. The molecule has 0 spiro atoms. The molecule has 0 amide bonds. The summed E-state index contributed by atoms with van der Waals surface area (Å²) in [7, 11) is 0. The van der Waals surface area contributed by atoms with E-state index in [1.54, 1.807) is 12.1 Å². The standard InChI is InChI=1S/C12H12FN3/c13-10-1-3-11(4-2-10)16-12-8-14-6-5-9(12)7-15-16/h1-4,7,14H,5-6,8H2. The Hall–Kier alpha value is -1.68. The topological polar surface area (TPSA) is 29.9 Å². The van der Waals surface area contributed by atoms with Crippen molar-refractivity contribution in [1.82, 2.24) is 15.1 Å². The number of halogens is 1. The number of benzene rings is 1. The molecule has 3 rings (SSSR count). The van der Waals surface area contributed by atoms with E-state index in [-0.39, 0.29) is 5.82 Å². The first-order valence-corrected chi connectivity index (χ1v) is 5.37. The van der Waals surface area contributed by atoms with Crippen LogP contribution in [0.3, 0.4) is 0 Å². The lowest BCUT2D eigenvalue weighted by Crippen LogP contribution is -2.24. The van der Waals surface area contributed by atoms with Gasteiger partial charge in [-0.1, -0.05) is 0 Å². The predicted molar refractivity (Wildman–Crippen MR) is 58.9 cm³/mol. The van der Waals surface area contributed by atoms with Crippen molar-refractivity contribution < 1.29 is 4.39 Å². The summed E-state index contributed by atoms with van der Waals surface area (Å²) in [5.74, 6) is -0.220. The molecule has 3 nitrogen and oxygen atoms in total. The smallest absolute Gasteiger partial charge is 0.123 e. The Bertz CT molecular complexity index is 501. The maximum atomic E-state index is 12.8. The normalized spacial score (nSPS) is 14.8. The summed E-state index contributed by atoms with van der Waals surface area (Å²) in [5.41, 5.74) is 3.37. The third-order valence-corrected chi connectivity index (χ3v) is 2.89. The van der Waals surface area contributed by atoms with Crippen LogP contribution in [0, 0.1) is 5.82 Å². The lowest BCUT2D eigenvalue weighted by molar-refractivity contribution is 0.611. The fraction of sp³-hybridized carbons (Fsp3) is 0.250. The van der Waals surface area contributed by atoms with Crippen LogP contribution in [0.25, 0.3) is 5.69 Å². The highest BCUT2D eigenvalue weighted by Crippen LogP contribution is 2.17. The summed E-state index contributed by atoms with van der Waals surface area (Å²) in [6.45, 7) is 1.83. The molecule has 16 heavy (non-hydrogen) atoms. The van der Waals surface area contributed by atoms with Crippen LogP contribution in [0.1, 0.15) is 11.3 Å². The first-order chi connectivity index (χ1) is 7.84. The van der Waals surface area contributed by atoms with Crippen molar-refractivity contribution in [3.63, 3.8) is 0 Å². The van der Waals surface area contributed by atoms with Crippen LogP contribution in [-0.4, -0.2) is 16.3 Å². The minimum absolute atomic E-state index is 0.220. The molecule has 0 aliphatic carbocycles. The van der Waals surface area contributed by atoms with Gasteiger partial charge in [-0.15, -0.1) is 0 Å². The summed E-state index contributed by atoms with van der Waals surface area (Å²) in [6, 6.07) is 6.41. The predicted octanol–water partition coefficient (Wildman–Crippen LogP) is 1.66. The monoisotopic (exact) mass is 217 g/mol. The van der Waals surface area contributed by atoms with E-state index in [1.807, 2.05) is 10.9 Å². The third-order valence-electron chi connectivity index (χ3n) is 2.89. The molecule has 0 radical (unpaired) electrons. The fourth-order valence-electron chi connectivity index (χ4n) is 2.04. The number of hydrogen-bond donors (Lipinski definition) is 1. The van der Waals surface area contributed by atoms with Crippen LogP contribution in [0.4, 0.5) is 4.39 Å². The van der Waals surface area contributed by atoms with Gasteiger partial charge in [-0.25, -0.2) is 9.07 Å². The zero-order chi connectivity index (χ0) is 11.0. The van der Waals surface area contributed by atoms with Crippen LogP contribution < -0.4 is 5.32 Å². The first-order valence-electron chi connectivity index (χ1n) is 5.37. The van der Waals surface area contributed by atoms with Gasteiger partial charge in [0.15, 0.2) is 0 Å². The SMILES string of the molecule is Fc1ccc(-n2ncc3c2CNCC3)cc1. The molecule has 1 aromatic carbocycles. The summed E-state index contributed by atoms with van der Waals surface area (Å²) in [6.07, 6.45) is 2.91. The summed E-state index contributed by atoms with van der Waals surface area (Å²) >= 11 is 0. The van der Waals surface area contributed by atoms with E-state index in [0.717, 1.165) is 25.2 Å². The molecule has 1 aliphatic heterocycles. The van der Waals surface area contributed by atoms with Gasteiger partial charge < -0.3 is 5.32 Å². The van der Waals surface area contributed by atoms with Crippen molar-refractivity contribution in [2.75, 3.05) is 6.54 Å². The second kappa shape index (κ2) is 3.72. The highest BCUT2D eigenvalue weighted by molar-refractivity contribution is 5.36. The molecule has 0 bridgehead atoms. The number of nitrogens with zero attached hydrogens (tertiary/aromatic N) is 2. The van der Waals surface area contributed by atoms with Gasteiger partial charge in [-0.3, -0.25) is 0 Å². The Morgan fingerprint density at radius 3 is 2.88 bits per heavy atom. The van der Waals surface area contributed by atoms with E-state index in [1.165, 1.54) is 23.4 Å². The molecule has 1 N–H and O–H groups in total. The van der Waals surface area contributed by atoms with Gasteiger partial charge in [0, 0.05) is 6.54 Å². The Morgan fingerprint density at radius 2 is 2.06 bits per heavy atom. The average molecular weight is 217 g/mol. The van der Waals surface area contributed by atoms with Gasteiger partial charge in [0.1, 0.15) is 5.82 Å². The van der Waals surface area contributed by atoms with Crippen molar-refractivity contribution in [2.45, 2.75) is 13.0 Å². The third kappa shape index (κ3) is 1.51. The molecule has 2 heterocycles. The molecule has 0 saturated carbocycles. The van der Waals surface area contributed by atoms with Gasteiger partial charge in [-0.2, -0.15) is 5.10 Å². The van der Waals surface area contributed by atoms with Crippen molar-refractivity contribution in [3.05, 3.63) is 47.5 Å². The number of fused-ring (bicyclic) bond motifs is 1. The van der Waals surface area contributed by atoms with Crippen LogP contribution in [0.15, 0.2) is 30.5 Å². The van der Waals surface area contributed by atoms with Gasteiger partial charge >= 0.3 is 0 Å². The Balaban J connectivity index is 2.06. The fourth-order valence-corrected chi connectivity index (χ4v) is 2.04. The van der Waals surface area contributed by atoms with Gasteiger partial charge in [0.2, 0.25) is 0 Å². The Kier molecular flexibility index (Phi) is 2.22. The number of rotatable bonds is 1. The van der Waals surface area contributed by atoms with Crippen LogP contribution in [-0.2, 0) is 13.0 Å². The molecule has 1 aromatic heterocycles. The number of hydrogen-bond acceptors (Lipinski definition) is 2. The molecule has 1 aliphatic rings. The molecule has 4 heteroatoms. The molecule has 0 fully saturated rings. The first kappa shape index (κ1) is 9.54. The molecular weight excluding hydrogens is 205 g/mol. The summed E-state index contributed by atoms with van der Waals surface area (Å²) in [4.78, 5) is 0. The Morgan fingerprint density at radius 1 is 1.25 bits per heavy atom. The van der Waals surface area contributed by atoms with Crippen molar-refractivity contribution in [2.24, 2.45) is 0 Å². The molecule has 0 atom stereocenters. The molecule has 82 valence electrons. The summed E-state index contributed by atoms with van der Waals surface area (Å²) in [5, 5.41) is 7.67. The van der Waals surface area contributed by atoms with E-state index in [4.69, 9.17) is 0 Å². The van der Waals surface area contributed by atoms with Crippen LogP contribution in [0.2, 0.25) is 0 Å². The van der Waals surface area contributed by atoms with E-state index in [9.17, 15) is 4.39 Å². The van der Waals surface area contributed by atoms with Gasteiger partial charge in [0.05, 0.1) is 17.6 Å². The van der Waals surface area contributed by atoms with Crippen LogP contribution >= 0.6 is 0 Å². The quantitative estimate of drug-likeness (QED) is 0.787. The minimum Gasteiger partial charge on any atom is -0.311 e. The second-order valence-electron chi connectivity index (χ2n) is 3.93. The van der Waals surface area contributed by atoms with Gasteiger partial charge in [0.25, 0.3) is 0 Å². The molecule has 2 aromatic rings. The van der Waals surface area contributed by atoms with Gasteiger partial charge in [-0.05, 0) is 42.8 Å². The minimum atomic E-state index is -0.220. The van der Waals surface area contributed by atoms with Crippen molar-refractivity contribution >= 4 is 0 Å².